The molecule has 0 unspecified atom stereocenters. The van der Waals surface area contributed by atoms with Crippen LogP contribution < -0.4 is 14.8 Å². The molecule has 27 heavy (non-hydrogen) atoms. The van der Waals surface area contributed by atoms with Crippen LogP contribution in [0.25, 0.3) is 0 Å². The van der Waals surface area contributed by atoms with E-state index in [-0.39, 0.29) is 5.91 Å². The molecule has 0 atom stereocenters. The Morgan fingerprint density at radius 3 is 2.52 bits per heavy atom. The van der Waals surface area contributed by atoms with Crippen molar-refractivity contribution in [1.29, 1.82) is 0 Å². The van der Waals surface area contributed by atoms with E-state index in [1.807, 2.05) is 55.3 Å². The largest absolute Gasteiger partial charge is 0.493 e. The van der Waals surface area contributed by atoms with Gasteiger partial charge in [0.25, 0.3) is 0 Å². The van der Waals surface area contributed by atoms with Crippen LogP contribution in [-0.2, 0) is 17.8 Å². The van der Waals surface area contributed by atoms with E-state index in [4.69, 9.17) is 21.1 Å². The Hall–Kier alpha value is -2.24. The van der Waals surface area contributed by atoms with Crippen molar-refractivity contribution in [2.75, 3.05) is 34.4 Å². The molecule has 1 amide bonds. The second-order valence-electron chi connectivity index (χ2n) is 6.54. The average molecular weight is 391 g/mol. The van der Waals surface area contributed by atoms with Crippen molar-refractivity contribution in [3.8, 4) is 11.5 Å². The molecule has 0 heterocycles. The maximum absolute atomic E-state index is 12.2. The maximum atomic E-state index is 12.2. The minimum Gasteiger partial charge on any atom is -0.493 e. The Kier molecular flexibility index (Phi) is 7.95. The average Bonchev–Trinajstić information content (AvgIpc) is 2.63. The van der Waals surface area contributed by atoms with Gasteiger partial charge in [-0.1, -0.05) is 23.7 Å². The molecular weight excluding hydrogens is 364 g/mol. The number of hydrogen-bond acceptors (Lipinski definition) is 4. The first kappa shape index (κ1) is 21.1. The Balaban J connectivity index is 1.84. The maximum Gasteiger partial charge on any atom is 0.234 e. The van der Waals surface area contributed by atoms with Crippen molar-refractivity contribution in [3.05, 3.63) is 58.1 Å². The summed E-state index contributed by atoms with van der Waals surface area (Å²) in [6.07, 6.45) is 0.755. The van der Waals surface area contributed by atoms with Crippen LogP contribution in [0.3, 0.4) is 0 Å². The summed E-state index contributed by atoms with van der Waals surface area (Å²) >= 11 is 5.97. The van der Waals surface area contributed by atoms with E-state index in [1.165, 1.54) is 0 Å². The van der Waals surface area contributed by atoms with Gasteiger partial charge in [-0.25, -0.2) is 0 Å². The molecule has 5 nitrogen and oxygen atoms in total. The van der Waals surface area contributed by atoms with Gasteiger partial charge in [0.2, 0.25) is 5.91 Å². The van der Waals surface area contributed by atoms with Crippen LogP contribution in [0.15, 0.2) is 36.4 Å². The van der Waals surface area contributed by atoms with Gasteiger partial charge in [0.15, 0.2) is 11.5 Å². The van der Waals surface area contributed by atoms with Crippen LogP contribution >= 0.6 is 11.6 Å². The highest BCUT2D eigenvalue weighted by atomic mass is 35.5. The van der Waals surface area contributed by atoms with Crippen molar-refractivity contribution in [3.63, 3.8) is 0 Å². The van der Waals surface area contributed by atoms with E-state index in [0.29, 0.717) is 36.2 Å². The van der Waals surface area contributed by atoms with Gasteiger partial charge >= 0.3 is 0 Å². The lowest BCUT2D eigenvalue weighted by Gasteiger charge is -2.19. The number of nitrogens with one attached hydrogen (secondary N) is 1. The molecule has 6 heteroatoms. The fourth-order valence-electron chi connectivity index (χ4n) is 2.88. The number of hydrogen-bond donors (Lipinski definition) is 1. The van der Waals surface area contributed by atoms with Crippen LogP contribution in [0.5, 0.6) is 11.5 Å². The Labute approximate surface area is 166 Å². The number of carbonyl (C=O) groups excluding carboxylic acids is 1. The predicted octanol–water partition coefficient (Wildman–Crippen LogP) is 3.46. The third-order valence-corrected chi connectivity index (χ3v) is 4.56. The number of nitrogens with zero attached hydrogens (tertiary/aromatic N) is 1. The van der Waals surface area contributed by atoms with Crippen LogP contribution in [0.4, 0.5) is 0 Å². The first-order valence-electron chi connectivity index (χ1n) is 8.84. The van der Waals surface area contributed by atoms with Crippen LogP contribution in [0.2, 0.25) is 5.02 Å². The Morgan fingerprint density at radius 1 is 1.15 bits per heavy atom. The molecule has 0 fully saturated rings. The van der Waals surface area contributed by atoms with Gasteiger partial charge in [-0.3, -0.25) is 9.69 Å². The summed E-state index contributed by atoms with van der Waals surface area (Å²) in [6, 6.07) is 11.6. The highest BCUT2D eigenvalue weighted by Gasteiger charge is 2.12. The fourth-order valence-corrected chi connectivity index (χ4v) is 3.09. The number of aryl methyl sites for hydroxylation is 1. The first-order chi connectivity index (χ1) is 12.9. The van der Waals surface area contributed by atoms with Crippen molar-refractivity contribution in [2.45, 2.75) is 19.9 Å². The van der Waals surface area contributed by atoms with E-state index >= 15 is 0 Å². The van der Waals surface area contributed by atoms with Crippen LogP contribution in [0, 0.1) is 6.92 Å². The topological polar surface area (TPSA) is 50.8 Å². The predicted molar refractivity (Wildman–Crippen MR) is 109 cm³/mol. The number of ether oxygens (including phenoxy) is 2. The Bertz CT molecular complexity index is 780. The molecular formula is C21H27ClN2O3. The minimum absolute atomic E-state index is 0.00217. The summed E-state index contributed by atoms with van der Waals surface area (Å²) in [5.41, 5.74) is 3.31. The summed E-state index contributed by atoms with van der Waals surface area (Å²) in [5.74, 6) is 1.40. The van der Waals surface area contributed by atoms with E-state index in [2.05, 4.69) is 5.32 Å². The zero-order valence-corrected chi connectivity index (χ0v) is 17.1. The molecule has 0 spiro atoms. The standard InChI is InChI=1S/C21H27ClN2O3/c1-15-10-19(26-3)20(27-4)12-17(15)13-24(2)14-21(25)23-9-8-16-6-5-7-18(22)11-16/h5-7,10-12H,8-9,13-14H2,1-4H3,(H,23,25). The number of halogens is 1. The molecule has 0 bridgehead atoms. The fraction of sp³-hybridized carbons (Fsp3) is 0.381. The first-order valence-corrected chi connectivity index (χ1v) is 9.22. The van der Waals surface area contributed by atoms with Gasteiger partial charge in [-0.05, 0) is 61.3 Å². The SMILES string of the molecule is COc1cc(C)c(CN(C)CC(=O)NCCc2cccc(Cl)c2)cc1OC. The molecule has 146 valence electrons. The number of methoxy groups -OCH3 is 2. The van der Waals surface area contributed by atoms with E-state index in [1.54, 1.807) is 14.2 Å². The van der Waals surface area contributed by atoms with Crippen molar-refractivity contribution >= 4 is 17.5 Å². The van der Waals surface area contributed by atoms with Crippen molar-refractivity contribution in [2.24, 2.45) is 0 Å². The van der Waals surface area contributed by atoms with E-state index in [9.17, 15) is 4.79 Å². The third-order valence-electron chi connectivity index (χ3n) is 4.32. The van der Waals surface area contributed by atoms with Gasteiger partial charge in [0.1, 0.15) is 0 Å². The summed E-state index contributed by atoms with van der Waals surface area (Å²) in [4.78, 5) is 14.2. The lowest BCUT2D eigenvalue weighted by Crippen LogP contribution is -2.35. The zero-order valence-electron chi connectivity index (χ0n) is 16.3. The molecule has 0 aromatic heterocycles. The van der Waals surface area contributed by atoms with Gasteiger partial charge in [0, 0.05) is 18.1 Å². The summed E-state index contributed by atoms with van der Waals surface area (Å²) in [5, 5.41) is 3.67. The molecule has 0 saturated heterocycles. The van der Waals surface area contributed by atoms with E-state index in [0.717, 1.165) is 23.1 Å². The summed E-state index contributed by atoms with van der Waals surface area (Å²) in [6.45, 7) is 3.58. The van der Waals surface area contributed by atoms with Crippen molar-refractivity contribution in [1.82, 2.24) is 10.2 Å². The van der Waals surface area contributed by atoms with Gasteiger partial charge in [-0.15, -0.1) is 0 Å². The summed E-state index contributed by atoms with van der Waals surface area (Å²) < 4.78 is 10.7. The molecule has 0 radical (unpaired) electrons. The number of rotatable bonds is 9. The molecule has 2 rings (SSSR count). The minimum atomic E-state index is -0.00217. The van der Waals surface area contributed by atoms with Gasteiger partial charge in [0.05, 0.1) is 20.8 Å². The summed E-state index contributed by atoms with van der Waals surface area (Å²) in [7, 11) is 5.16. The lowest BCUT2D eigenvalue weighted by atomic mass is 10.1. The molecule has 0 saturated carbocycles. The van der Waals surface area contributed by atoms with Gasteiger partial charge < -0.3 is 14.8 Å². The molecule has 2 aromatic rings. The normalized spacial score (nSPS) is 10.7. The second kappa shape index (κ2) is 10.2. The number of amides is 1. The van der Waals surface area contributed by atoms with Crippen LogP contribution in [-0.4, -0.2) is 45.2 Å². The monoisotopic (exact) mass is 390 g/mol. The smallest absolute Gasteiger partial charge is 0.234 e. The van der Waals surface area contributed by atoms with Crippen molar-refractivity contribution < 1.29 is 14.3 Å². The quantitative estimate of drug-likeness (QED) is 0.712. The number of benzene rings is 2. The molecule has 0 aliphatic carbocycles. The highest BCUT2D eigenvalue weighted by Crippen LogP contribution is 2.30. The highest BCUT2D eigenvalue weighted by molar-refractivity contribution is 6.30. The molecule has 1 N–H and O–H groups in total. The lowest BCUT2D eigenvalue weighted by molar-refractivity contribution is -0.122. The zero-order chi connectivity index (χ0) is 19.8. The van der Waals surface area contributed by atoms with E-state index < -0.39 is 0 Å². The third kappa shape index (κ3) is 6.45. The van der Waals surface area contributed by atoms with Crippen LogP contribution in [0.1, 0.15) is 16.7 Å². The van der Waals surface area contributed by atoms with Gasteiger partial charge in [-0.2, -0.15) is 0 Å². The second-order valence-corrected chi connectivity index (χ2v) is 6.97. The molecule has 0 aliphatic rings. The number of likely N-dealkylation sites (N-methyl/N-ethyl adjacent to an activating group) is 1. The molecule has 2 aromatic carbocycles. The molecule has 0 aliphatic heterocycles. The number of carbonyl (C=O) groups is 1. The Morgan fingerprint density at radius 2 is 1.85 bits per heavy atom.